The minimum absolute atomic E-state index is 0.299. The Kier molecular flexibility index (Phi) is 3.35. The summed E-state index contributed by atoms with van der Waals surface area (Å²) in [5, 5.41) is 2.24. The van der Waals surface area contributed by atoms with Crippen molar-refractivity contribution in [2.45, 2.75) is 18.7 Å². The zero-order valence-electron chi connectivity index (χ0n) is 8.97. The molecule has 1 rings (SSSR count). The van der Waals surface area contributed by atoms with E-state index in [0.717, 1.165) is 0 Å². The van der Waals surface area contributed by atoms with Gasteiger partial charge in [0.05, 0.1) is 0 Å². The Bertz CT molecular complexity index is 483. The average molecular weight is 243 g/mol. The molecule has 0 saturated heterocycles. The van der Waals surface area contributed by atoms with Crippen LogP contribution < -0.4 is 5.32 Å². The van der Waals surface area contributed by atoms with Crippen molar-refractivity contribution in [1.82, 2.24) is 5.32 Å². The summed E-state index contributed by atoms with van der Waals surface area (Å²) >= 11 is 0. The largest absolute Gasteiger partial charge is 0.332 e. The van der Waals surface area contributed by atoms with E-state index in [2.05, 4.69) is 5.32 Å². The van der Waals surface area contributed by atoms with E-state index in [1.807, 2.05) is 0 Å². The average Bonchev–Trinajstić information content (AvgIpc) is 2.16. The summed E-state index contributed by atoms with van der Waals surface area (Å²) in [7, 11) is -4.44. The highest BCUT2D eigenvalue weighted by Gasteiger charge is 2.40. The summed E-state index contributed by atoms with van der Waals surface area (Å²) in [6, 6.07) is 8.00. The van der Waals surface area contributed by atoms with E-state index in [4.69, 9.17) is 0 Å². The minimum Gasteiger partial charge on any atom is -0.332 e. The summed E-state index contributed by atoms with van der Waals surface area (Å²) in [5.41, 5.74) is 0.299. The van der Waals surface area contributed by atoms with Crippen molar-refractivity contribution in [2.75, 3.05) is 0 Å². The van der Waals surface area contributed by atoms with Crippen LogP contribution in [0.25, 0.3) is 0 Å². The first kappa shape index (κ1) is 12.7. The molecule has 16 heavy (non-hydrogen) atoms. The minimum atomic E-state index is -4.44. The molecule has 1 amide bonds. The predicted molar refractivity (Wildman–Crippen MR) is 59.2 cm³/mol. The standard InChI is InChI=1S/C10H13NO4S/c1-8(12)11-10(2,16(13,14)15)9-6-4-3-5-7-9/h3-7H,1-2H3,(H,11,12)(H,13,14,15). The van der Waals surface area contributed by atoms with Crippen molar-refractivity contribution in [3.63, 3.8) is 0 Å². The van der Waals surface area contributed by atoms with Gasteiger partial charge in [-0.05, 0) is 12.5 Å². The summed E-state index contributed by atoms with van der Waals surface area (Å²) in [5.74, 6) is -0.538. The summed E-state index contributed by atoms with van der Waals surface area (Å²) in [6.07, 6.45) is 0. The summed E-state index contributed by atoms with van der Waals surface area (Å²) in [4.78, 5) is 9.17. The lowest BCUT2D eigenvalue weighted by atomic mass is 10.1. The van der Waals surface area contributed by atoms with Gasteiger partial charge in [-0.15, -0.1) is 0 Å². The fourth-order valence-electron chi connectivity index (χ4n) is 1.38. The molecule has 5 nitrogen and oxygen atoms in total. The molecular formula is C10H13NO4S. The van der Waals surface area contributed by atoms with Gasteiger partial charge in [-0.25, -0.2) is 0 Å². The highest BCUT2D eigenvalue weighted by atomic mass is 32.2. The maximum atomic E-state index is 11.3. The maximum Gasteiger partial charge on any atom is 0.293 e. The topological polar surface area (TPSA) is 83.5 Å². The fourth-order valence-corrected chi connectivity index (χ4v) is 2.08. The molecule has 0 radical (unpaired) electrons. The van der Waals surface area contributed by atoms with E-state index >= 15 is 0 Å². The van der Waals surface area contributed by atoms with Gasteiger partial charge in [-0.2, -0.15) is 8.42 Å². The van der Waals surface area contributed by atoms with Crippen LogP contribution in [-0.2, 0) is 19.8 Å². The van der Waals surface area contributed by atoms with Gasteiger partial charge in [-0.1, -0.05) is 30.3 Å². The normalized spacial score (nSPS) is 15.2. The van der Waals surface area contributed by atoms with E-state index in [1.54, 1.807) is 18.2 Å². The molecule has 0 bridgehead atoms. The number of carbonyl (C=O) groups excluding carboxylic acids is 1. The molecule has 1 aromatic rings. The molecule has 0 spiro atoms. The second kappa shape index (κ2) is 4.23. The molecule has 88 valence electrons. The lowest BCUT2D eigenvalue weighted by molar-refractivity contribution is -0.120. The molecule has 1 aromatic carbocycles. The summed E-state index contributed by atoms with van der Waals surface area (Å²) in [6.45, 7) is 2.42. The lowest BCUT2D eigenvalue weighted by Crippen LogP contribution is -2.48. The van der Waals surface area contributed by atoms with E-state index in [1.165, 1.54) is 26.0 Å². The number of hydrogen-bond donors (Lipinski definition) is 2. The zero-order chi connectivity index (χ0) is 12.4. The van der Waals surface area contributed by atoms with Gasteiger partial charge in [0.1, 0.15) is 0 Å². The van der Waals surface area contributed by atoms with Crippen molar-refractivity contribution in [1.29, 1.82) is 0 Å². The highest BCUT2D eigenvalue weighted by Crippen LogP contribution is 2.25. The number of rotatable bonds is 3. The van der Waals surface area contributed by atoms with Crippen LogP contribution in [0.3, 0.4) is 0 Å². The SMILES string of the molecule is CC(=O)NC(C)(c1ccccc1)S(=O)(=O)O. The number of hydrogen-bond acceptors (Lipinski definition) is 3. The van der Waals surface area contributed by atoms with Crippen LogP contribution in [0.15, 0.2) is 30.3 Å². The zero-order valence-corrected chi connectivity index (χ0v) is 9.78. The second-order valence-electron chi connectivity index (χ2n) is 3.56. The van der Waals surface area contributed by atoms with Crippen molar-refractivity contribution in [2.24, 2.45) is 0 Å². The smallest absolute Gasteiger partial charge is 0.293 e. The fraction of sp³-hybridized carbons (Fsp3) is 0.300. The third kappa shape index (κ3) is 2.40. The summed E-state index contributed by atoms with van der Waals surface area (Å²) < 4.78 is 31.9. The van der Waals surface area contributed by atoms with Crippen LogP contribution in [0.2, 0.25) is 0 Å². The first-order valence-electron chi connectivity index (χ1n) is 4.58. The van der Waals surface area contributed by atoms with Crippen molar-refractivity contribution < 1.29 is 17.8 Å². The number of nitrogens with one attached hydrogen (secondary N) is 1. The van der Waals surface area contributed by atoms with Crippen LogP contribution in [0.4, 0.5) is 0 Å². The quantitative estimate of drug-likeness (QED) is 0.772. The molecule has 0 fully saturated rings. The van der Waals surface area contributed by atoms with Crippen LogP contribution in [0, 0.1) is 0 Å². The third-order valence-electron chi connectivity index (χ3n) is 2.26. The Morgan fingerprint density at radius 2 is 1.81 bits per heavy atom. The molecule has 0 aliphatic carbocycles. The Balaban J connectivity index is 3.32. The molecule has 0 aliphatic rings. The first-order chi connectivity index (χ1) is 7.27. The van der Waals surface area contributed by atoms with Gasteiger partial charge in [-0.3, -0.25) is 9.35 Å². The predicted octanol–water partition coefficient (Wildman–Crippen LogP) is 0.883. The van der Waals surface area contributed by atoms with Gasteiger partial charge < -0.3 is 5.32 Å². The van der Waals surface area contributed by atoms with E-state index < -0.39 is 20.9 Å². The van der Waals surface area contributed by atoms with Crippen LogP contribution in [0.1, 0.15) is 19.4 Å². The monoisotopic (exact) mass is 243 g/mol. The molecule has 0 saturated carbocycles. The molecule has 6 heteroatoms. The van der Waals surface area contributed by atoms with Gasteiger partial charge in [0, 0.05) is 6.92 Å². The number of carbonyl (C=O) groups is 1. The Morgan fingerprint density at radius 1 is 1.31 bits per heavy atom. The molecule has 0 heterocycles. The molecule has 0 aromatic heterocycles. The molecule has 1 unspecified atom stereocenters. The number of benzene rings is 1. The van der Waals surface area contributed by atoms with Crippen LogP contribution >= 0.6 is 0 Å². The molecule has 0 aliphatic heterocycles. The second-order valence-corrected chi connectivity index (χ2v) is 5.32. The van der Waals surface area contributed by atoms with Crippen molar-refractivity contribution >= 4 is 16.0 Å². The van der Waals surface area contributed by atoms with Gasteiger partial charge in [0.25, 0.3) is 10.1 Å². The van der Waals surface area contributed by atoms with Crippen LogP contribution in [0.5, 0.6) is 0 Å². The van der Waals surface area contributed by atoms with Crippen molar-refractivity contribution in [3.8, 4) is 0 Å². The Labute approximate surface area is 94.2 Å². The molecule has 1 atom stereocenters. The first-order valence-corrected chi connectivity index (χ1v) is 6.02. The van der Waals surface area contributed by atoms with Gasteiger partial charge >= 0.3 is 0 Å². The van der Waals surface area contributed by atoms with E-state index in [0.29, 0.717) is 5.56 Å². The van der Waals surface area contributed by atoms with E-state index in [-0.39, 0.29) is 0 Å². The van der Waals surface area contributed by atoms with Gasteiger partial charge in [0.2, 0.25) is 5.91 Å². The van der Waals surface area contributed by atoms with Crippen molar-refractivity contribution in [3.05, 3.63) is 35.9 Å². The molecular weight excluding hydrogens is 230 g/mol. The van der Waals surface area contributed by atoms with Gasteiger partial charge in [0.15, 0.2) is 4.87 Å². The molecule has 2 N–H and O–H groups in total. The number of amides is 1. The maximum absolute atomic E-state index is 11.3. The van der Waals surface area contributed by atoms with Crippen LogP contribution in [-0.4, -0.2) is 18.9 Å². The lowest BCUT2D eigenvalue weighted by Gasteiger charge is -2.27. The Hall–Kier alpha value is -1.40. The van der Waals surface area contributed by atoms with E-state index in [9.17, 15) is 17.8 Å². The Morgan fingerprint density at radius 3 is 2.19 bits per heavy atom. The third-order valence-corrected chi connectivity index (χ3v) is 3.62. The highest BCUT2D eigenvalue weighted by molar-refractivity contribution is 7.86.